The Morgan fingerprint density at radius 3 is 2.96 bits per heavy atom. The molecular formula is C17H15ClN4O4S. The molecule has 5 rings (SSSR count). The van der Waals surface area contributed by atoms with E-state index in [9.17, 15) is 5.11 Å². The molecule has 0 bridgehead atoms. The fraction of sp³-hybridized carbons (Fsp3) is 0.353. The molecule has 0 aromatic carbocycles. The molecule has 2 fully saturated rings. The van der Waals surface area contributed by atoms with Gasteiger partial charge in [0.25, 0.3) is 0 Å². The van der Waals surface area contributed by atoms with Gasteiger partial charge in [0.2, 0.25) is 5.89 Å². The molecule has 8 nitrogen and oxygen atoms in total. The molecule has 0 amide bonds. The molecule has 3 aromatic heterocycles. The van der Waals surface area contributed by atoms with Crippen LogP contribution >= 0.6 is 23.4 Å². The summed E-state index contributed by atoms with van der Waals surface area (Å²) in [7, 11) is 0. The summed E-state index contributed by atoms with van der Waals surface area (Å²) in [6.07, 6.45) is 8.60. The number of nitrogens with zero attached hydrogens (tertiary/aromatic N) is 4. The highest BCUT2D eigenvalue weighted by atomic mass is 35.5. The molecule has 140 valence electrons. The second-order valence-electron chi connectivity index (χ2n) is 6.33. The van der Waals surface area contributed by atoms with Gasteiger partial charge in [0.15, 0.2) is 0 Å². The zero-order valence-electron chi connectivity index (χ0n) is 13.9. The van der Waals surface area contributed by atoms with Gasteiger partial charge in [-0.05, 0) is 6.07 Å². The fourth-order valence-corrected chi connectivity index (χ4v) is 4.62. The van der Waals surface area contributed by atoms with E-state index in [4.69, 9.17) is 25.5 Å². The van der Waals surface area contributed by atoms with Gasteiger partial charge >= 0.3 is 0 Å². The summed E-state index contributed by atoms with van der Waals surface area (Å²) in [5, 5.41) is 15.9. The summed E-state index contributed by atoms with van der Waals surface area (Å²) in [5.74, 6) is 0.477. The van der Waals surface area contributed by atoms with Gasteiger partial charge in [-0.3, -0.25) is 9.67 Å². The van der Waals surface area contributed by atoms with Crippen molar-refractivity contribution in [2.45, 2.75) is 34.7 Å². The first-order valence-electron chi connectivity index (χ1n) is 8.35. The maximum atomic E-state index is 11.0. The number of oxazole rings is 1. The van der Waals surface area contributed by atoms with Crippen molar-refractivity contribution in [2.75, 3.05) is 6.61 Å². The molecule has 5 heterocycles. The number of thioether (sulfide) groups is 1. The molecule has 0 radical (unpaired) electrons. The van der Waals surface area contributed by atoms with Crippen molar-refractivity contribution in [1.29, 1.82) is 0 Å². The van der Waals surface area contributed by atoms with E-state index in [2.05, 4.69) is 15.1 Å². The summed E-state index contributed by atoms with van der Waals surface area (Å²) in [6, 6.07) is 1.41. The van der Waals surface area contributed by atoms with Gasteiger partial charge in [0, 0.05) is 23.5 Å². The van der Waals surface area contributed by atoms with Crippen LogP contribution < -0.4 is 0 Å². The minimum Gasteiger partial charge on any atom is -0.444 e. The highest BCUT2D eigenvalue weighted by molar-refractivity contribution is 7.99. The molecule has 5 unspecified atom stereocenters. The van der Waals surface area contributed by atoms with E-state index in [1.54, 1.807) is 41.7 Å². The van der Waals surface area contributed by atoms with Crippen molar-refractivity contribution in [3.05, 3.63) is 48.3 Å². The SMILES string of the molecule is OC1C(Sc2cncc(Cl)c2)OC2COC2C1n1cc(-c2ncco2)cn1. The maximum absolute atomic E-state index is 11.0. The van der Waals surface area contributed by atoms with E-state index < -0.39 is 11.5 Å². The van der Waals surface area contributed by atoms with Crippen molar-refractivity contribution in [1.82, 2.24) is 19.7 Å². The third kappa shape index (κ3) is 3.15. The molecule has 3 aromatic rings. The second-order valence-corrected chi connectivity index (χ2v) is 7.93. The highest BCUT2D eigenvalue weighted by Gasteiger charge is 2.52. The summed E-state index contributed by atoms with van der Waals surface area (Å²) >= 11 is 7.39. The Balaban J connectivity index is 1.41. The van der Waals surface area contributed by atoms with Gasteiger partial charge in [-0.15, -0.1) is 0 Å². The Kier molecular flexibility index (Phi) is 4.41. The molecule has 0 saturated carbocycles. The molecule has 2 aliphatic heterocycles. The largest absolute Gasteiger partial charge is 0.444 e. The topological polar surface area (TPSA) is 95.4 Å². The summed E-state index contributed by atoms with van der Waals surface area (Å²) in [6.45, 7) is 0.493. The van der Waals surface area contributed by atoms with Gasteiger partial charge < -0.3 is 19.0 Å². The summed E-state index contributed by atoms with van der Waals surface area (Å²) < 4.78 is 18.7. The van der Waals surface area contributed by atoms with E-state index in [0.29, 0.717) is 17.5 Å². The number of halogens is 1. The molecule has 2 aliphatic rings. The predicted octanol–water partition coefficient (Wildman–Crippen LogP) is 2.40. The lowest BCUT2D eigenvalue weighted by Gasteiger charge is -2.49. The zero-order valence-corrected chi connectivity index (χ0v) is 15.5. The van der Waals surface area contributed by atoms with Crippen LogP contribution in [0.4, 0.5) is 0 Å². The van der Waals surface area contributed by atoms with E-state index >= 15 is 0 Å². The van der Waals surface area contributed by atoms with Crippen molar-refractivity contribution in [3.8, 4) is 11.5 Å². The quantitative estimate of drug-likeness (QED) is 0.705. The molecule has 5 atom stereocenters. The van der Waals surface area contributed by atoms with Crippen LogP contribution in [-0.4, -0.2) is 55.2 Å². The van der Waals surface area contributed by atoms with Crippen LogP contribution in [0.3, 0.4) is 0 Å². The van der Waals surface area contributed by atoms with Crippen molar-refractivity contribution < 1.29 is 19.0 Å². The van der Waals surface area contributed by atoms with Gasteiger partial charge in [-0.1, -0.05) is 23.4 Å². The number of ether oxygens (including phenoxy) is 2. The monoisotopic (exact) mass is 406 g/mol. The minimum absolute atomic E-state index is 0.0996. The maximum Gasteiger partial charge on any atom is 0.229 e. The Labute approximate surface area is 163 Å². The Morgan fingerprint density at radius 1 is 1.30 bits per heavy atom. The fourth-order valence-electron chi connectivity index (χ4n) is 3.30. The van der Waals surface area contributed by atoms with Crippen molar-refractivity contribution in [3.63, 3.8) is 0 Å². The van der Waals surface area contributed by atoms with Crippen molar-refractivity contribution >= 4 is 23.4 Å². The number of aromatic nitrogens is 4. The van der Waals surface area contributed by atoms with Crippen LogP contribution in [0.1, 0.15) is 6.04 Å². The standard InChI is InChI=1S/C17H15ClN4O4S/c18-10-3-11(6-19-5-10)27-17-14(23)13(15-12(26-17)8-25-15)22-7-9(4-21-22)16-20-1-2-24-16/h1-7,12-15,17,23H,8H2. The van der Waals surface area contributed by atoms with Crippen LogP contribution in [0.25, 0.3) is 11.5 Å². The lowest BCUT2D eigenvalue weighted by molar-refractivity contribution is -0.266. The lowest BCUT2D eigenvalue weighted by Crippen LogP contribution is -2.62. The van der Waals surface area contributed by atoms with Gasteiger partial charge in [0.05, 0.1) is 29.6 Å². The van der Waals surface area contributed by atoms with Gasteiger partial charge in [0.1, 0.15) is 36.1 Å². The molecule has 0 aliphatic carbocycles. The zero-order chi connectivity index (χ0) is 18.4. The molecule has 2 saturated heterocycles. The van der Waals surface area contributed by atoms with E-state index in [1.165, 1.54) is 18.0 Å². The number of rotatable bonds is 4. The predicted molar refractivity (Wildman–Crippen MR) is 96.3 cm³/mol. The smallest absolute Gasteiger partial charge is 0.229 e. The number of aliphatic hydroxyl groups is 1. The number of hydrogen-bond donors (Lipinski definition) is 1. The van der Waals surface area contributed by atoms with Crippen LogP contribution in [0.2, 0.25) is 5.02 Å². The Bertz CT molecular complexity index is 937. The number of aliphatic hydroxyl groups excluding tert-OH is 1. The first-order valence-corrected chi connectivity index (χ1v) is 9.61. The van der Waals surface area contributed by atoms with Gasteiger partial charge in [-0.25, -0.2) is 4.98 Å². The van der Waals surface area contributed by atoms with Crippen LogP contribution in [0.15, 0.2) is 52.6 Å². The first-order chi connectivity index (χ1) is 13.2. The number of pyridine rings is 1. The van der Waals surface area contributed by atoms with E-state index in [0.717, 1.165) is 10.5 Å². The van der Waals surface area contributed by atoms with Crippen molar-refractivity contribution in [2.24, 2.45) is 0 Å². The number of fused-ring (bicyclic) bond motifs is 1. The molecule has 0 spiro atoms. The normalized spacial score (nSPS) is 29.9. The first kappa shape index (κ1) is 17.2. The summed E-state index contributed by atoms with van der Waals surface area (Å²) in [5.41, 5.74) is 0.243. The molecule has 10 heteroatoms. The third-order valence-electron chi connectivity index (χ3n) is 4.61. The number of hydrogen-bond acceptors (Lipinski definition) is 8. The molecular weight excluding hydrogens is 392 g/mol. The second kappa shape index (κ2) is 6.92. The van der Waals surface area contributed by atoms with Crippen LogP contribution in [-0.2, 0) is 9.47 Å². The Morgan fingerprint density at radius 2 is 2.22 bits per heavy atom. The Hall–Kier alpha value is -1.91. The highest BCUT2D eigenvalue weighted by Crippen LogP contribution is 2.43. The summed E-state index contributed by atoms with van der Waals surface area (Å²) in [4.78, 5) is 9.04. The van der Waals surface area contributed by atoms with E-state index in [-0.39, 0.29) is 18.2 Å². The van der Waals surface area contributed by atoms with E-state index in [1.807, 2.05) is 0 Å². The average Bonchev–Trinajstić information content (AvgIpc) is 3.31. The van der Waals surface area contributed by atoms with Gasteiger partial charge in [-0.2, -0.15) is 5.10 Å². The minimum atomic E-state index is -0.840. The lowest BCUT2D eigenvalue weighted by atomic mass is 9.93. The molecule has 27 heavy (non-hydrogen) atoms. The molecule has 1 N–H and O–H groups in total. The average molecular weight is 407 g/mol. The third-order valence-corrected chi connectivity index (χ3v) is 5.94. The van der Waals surface area contributed by atoms with Crippen LogP contribution in [0, 0.1) is 0 Å². The van der Waals surface area contributed by atoms with Crippen LogP contribution in [0.5, 0.6) is 0 Å².